The van der Waals surface area contributed by atoms with Crippen LogP contribution in [0.25, 0.3) is 0 Å². The normalized spacial score (nSPS) is 17.9. The Kier molecular flexibility index (Phi) is 5.57. The zero-order chi connectivity index (χ0) is 17.9. The standard InChI is InChI=1S/C18H22F2O4/c1-4-24-17(22)18(19,20)10-12-6-5-7-13-11(2)15(23-3)9-8-14(13)16(12)21/h8-9,12H,4-7,10H2,1-3H3. The third-order valence-corrected chi connectivity index (χ3v) is 4.46. The van der Waals surface area contributed by atoms with Crippen molar-refractivity contribution in [3.63, 3.8) is 0 Å². The summed E-state index contributed by atoms with van der Waals surface area (Å²) >= 11 is 0. The predicted octanol–water partition coefficient (Wildman–Crippen LogP) is 3.73. The maximum Gasteiger partial charge on any atom is 0.376 e. The molecule has 6 heteroatoms. The summed E-state index contributed by atoms with van der Waals surface area (Å²) in [6.45, 7) is 3.21. The molecule has 0 aliphatic heterocycles. The molecule has 0 bridgehead atoms. The van der Waals surface area contributed by atoms with Gasteiger partial charge in [0, 0.05) is 17.9 Å². The van der Waals surface area contributed by atoms with Gasteiger partial charge < -0.3 is 9.47 Å². The number of halogens is 2. The van der Waals surface area contributed by atoms with Gasteiger partial charge in [-0.3, -0.25) is 4.79 Å². The molecule has 4 nitrogen and oxygen atoms in total. The van der Waals surface area contributed by atoms with Crippen LogP contribution in [0, 0.1) is 12.8 Å². The third kappa shape index (κ3) is 3.57. The number of hydrogen-bond donors (Lipinski definition) is 0. The van der Waals surface area contributed by atoms with Crippen molar-refractivity contribution in [1.82, 2.24) is 0 Å². The first-order valence-corrected chi connectivity index (χ1v) is 8.07. The Balaban J connectivity index is 2.28. The average molecular weight is 340 g/mol. The fourth-order valence-corrected chi connectivity index (χ4v) is 3.21. The summed E-state index contributed by atoms with van der Waals surface area (Å²) in [6.07, 6.45) is 0.751. The van der Waals surface area contributed by atoms with Crippen LogP contribution in [0.15, 0.2) is 12.1 Å². The summed E-state index contributed by atoms with van der Waals surface area (Å²) in [5, 5.41) is 0. The quantitative estimate of drug-likeness (QED) is 0.605. The lowest BCUT2D eigenvalue weighted by Crippen LogP contribution is -2.35. The van der Waals surface area contributed by atoms with Gasteiger partial charge in [0.2, 0.25) is 0 Å². The van der Waals surface area contributed by atoms with E-state index in [1.807, 2.05) is 6.92 Å². The minimum absolute atomic E-state index is 0.116. The van der Waals surface area contributed by atoms with Crippen LogP contribution < -0.4 is 4.74 Å². The molecule has 0 heterocycles. The van der Waals surface area contributed by atoms with Crippen LogP contribution in [-0.2, 0) is 16.0 Å². The van der Waals surface area contributed by atoms with Crippen molar-refractivity contribution in [2.45, 2.75) is 45.5 Å². The van der Waals surface area contributed by atoms with E-state index in [2.05, 4.69) is 4.74 Å². The maximum absolute atomic E-state index is 14.0. The summed E-state index contributed by atoms with van der Waals surface area (Å²) < 4.78 is 37.7. The molecule has 2 rings (SSSR count). The van der Waals surface area contributed by atoms with Crippen LogP contribution in [0.2, 0.25) is 0 Å². The molecule has 1 aliphatic rings. The van der Waals surface area contributed by atoms with Gasteiger partial charge in [0.25, 0.3) is 0 Å². The number of rotatable bonds is 5. The van der Waals surface area contributed by atoms with Gasteiger partial charge in [0.05, 0.1) is 13.7 Å². The number of Topliss-reactive ketones (excluding diaryl/α,β-unsaturated/α-hetero) is 1. The van der Waals surface area contributed by atoms with E-state index in [1.165, 1.54) is 6.92 Å². The molecule has 1 atom stereocenters. The Labute approximate surface area is 140 Å². The highest BCUT2D eigenvalue weighted by Crippen LogP contribution is 2.36. The van der Waals surface area contributed by atoms with Crippen molar-refractivity contribution in [3.8, 4) is 5.75 Å². The molecule has 0 fully saturated rings. The van der Waals surface area contributed by atoms with Crippen molar-refractivity contribution in [2.75, 3.05) is 13.7 Å². The van der Waals surface area contributed by atoms with Gasteiger partial charge in [-0.15, -0.1) is 0 Å². The molecule has 24 heavy (non-hydrogen) atoms. The van der Waals surface area contributed by atoms with Crippen molar-refractivity contribution in [3.05, 3.63) is 28.8 Å². The van der Waals surface area contributed by atoms with Crippen LogP contribution in [0.5, 0.6) is 5.75 Å². The first-order valence-electron chi connectivity index (χ1n) is 8.07. The summed E-state index contributed by atoms with van der Waals surface area (Å²) in [6, 6.07) is 3.31. The monoisotopic (exact) mass is 340 g/mol. The number of hydrogen-bond acceptors (Lipinski definition) is 4. The molecule has 0 saturated carbocycles. The smallest absolute Gasteiger partial charge is 0.376 e. The summed E-state index contributed by atoms with van der Waals surface area (Å²) in [5.41, 5.74) is 2.16. The third-order valence-electron chi connectivity index (χ3n) is 4.46. The first-order chi connectivity index (χ1) is 11.3. The van der Waals surface area contributed by atoms with Crippen molar-refractivity contribution < 1.29 is 27.8 Å². The fraction of sp³-hybridized carbons (Fsp3) is 0.556. The lowest BCUT2D eigenvalue weighted by atomic mass is 9.89. The molecule has 0 N–H and O–H groups in total. The predicted molar refractivity (Wildman–Crippen MR) is 84.7 cm³/mol. The number of benzene rings is 1. The van der Waals surface area contributed by atoms with Crippen LogP contribution in [0.4, 0.5) is 8.78 Å². The molecule has 0 amide bonds. The van der Waals surface area contributed by atoms with E-state index in [1.54, 1.807) is 19.2 Å². The van der Waals surface area contributed by atoms with Gasteiger partial charge in [0.1, 0.15) is 5.75 Å². The van der Waals surface area contributed by atoms with Crippen LogP contribution in [-0.4, -0.2) is 31.4 Å². The highest BCUT2D eigenvalue weighted by atomic mass is 19.3. The second-order valence-corrected chi connectivity index (χ2v) is 6.00. The lowest BCUT2D eigenvalue weighted by molar-refractivity contribution is -0.173. The zero-order valence-corrected chi connectivity index (χ0v) is 14.2. The molecular formula is C18H22F2O4. The minimum Gasteiger partial charge on any atom is -0.496 e. The lowest BCUT2D eigenvalue weighted by Gasteiger charge is -2.20. The minimum atomic E-state index is -3.65. The van der Waals surface area contributed by atoms with Crippen LogP contribution in [0.1, 0.15) is 47.7 Å². The summed E-state index contributed by atoms with van der Waals surface area (Å²) in [4.78, 5) is 24.1. The van der Waals surface area contributed by atoms with E-state index in [0.717, 1.165) is 11.1 Å². The van der Waals surface area contributed by atoms with Gasteiger partial charge >= 0.3 is 11.9 Å². The number of carbonyl (C=O) groups excluding carboxylic acids is 2. The molecule has 0 aromatic heterocycles. The zero-order valence-electron chi connectivity index (χ0n) is 14.2. The van der Waals surface area contributed by atoms with Gasteiger partial charge in [0.15, 0.2) is 5.78 Å². The molecule has 1 aromatic carbocycles. The van der Waals surface area contributed by atoms with E-state index in [4.69, 9.17) is 4.74 Å². The van der Waals surface area contributed by atoms with E-state index >= 15 is 0 Å². The molecule has 1 aromatic rings. The number of carbonyl (C=O) groups is 2. The topological polar surface area (TPSA) is 52.6 Å². The highest BCUT2D eigenvalue weighted by molar-refractivity contribution is 6.00. The van der Waals surface area contributed by atoms with Crippen molar-refractivity contribution >= 4 is 11.8 Å². The largest absolute Gasteiger partial charge is 0.496 e. The average Bonchev–Trinajstić information content (AvgIpc) is 2.68. The molecular weight excluding hydrogens is 318 g/mol. The van der Waals surface area contributed by atoms with E-state index < -0.39 is 24.2 Å². The Morgan fingerprint density at radius 1 is 1.38 bits per heavy atom. The number of alkyl halides is 2. The Morgan fingerprint density at radius 3 is 2.71 bits per heavy atom. The van der Waals surface area contributed by atoms with Gasteiger partial charge in [-0.25, -0.2) is 4.79 Å². The van der Waals surface area contributed by atoms with Gasteiger partial charge in [-0.05, 0) is 56.4 Å². The van der Waals surface area contributed by atoms with Crippen LogP contribution >= 0.6 is 0 Å². The molecule has 132 valence electrons. The Bertz CT molecular complexity index is 640. The second kappa shape index (κ2) is 7.28. The Hall–Kier alpha value is -1.98. The molecule has 0 spiro atoms. The van der Waals surface area contributed by atoms with Crippen molar-refractivity contribution in [1.29, 1.82) is 0 Å². The second-order valence-electron chi connectivity index (χ2n) is 6.00. The molecule has 0 radical (unpaired) electrons. The maximum atomic E-state index is 14.0. The number of methoxy groups -OCH3 is 1. The SMILES string of the molecule is CCOC(=O)C(F)(F)CC1CCCc2c(ccc(OC)c2C)C1=O. The van der Waals surface area contributed by atoms with E-state index in [0.29, 0.717) is 30.6 Å². The molecule has 0 saturated heterocycles. The van der Waals surface area contributed by atoms with E-state index in [-0.39, 0.29) is 12.4 Å². The summed E-state index contributed by atoms with van der Waals surface area (Å²) in [5.74, 6) is -5.76. The summed E-state index contributed by atoms with van der Waals surface area (Å²) in [7, 11) is 1.55. The fourth-order valence-electron chi connectivity index (χ4n) is 3.21. The molecule has 1 aliphatic carbocycles. The number of ketones is 1. The first kappa shape index (κ1) is 18.4. The Morgan fingerprint density at radius 2 is 2.08 bits per heavy atom. The molecule has 1 unspecified atom stereocenters. The number of esters is 1. The van der Waals surface area contributed by atoms with E-state index in [9.17, 15) is 18.4 Å². The van der Waals surface area contributed by atoms with Gasteiger partial charge in [-0.1, -0.05) is 0 Å². The van der Waals surface area contributed by atoms with Gasteiger partial charge in [-0.2, -0.15) is 8.78 Å². The number of fused-ring (bicyclic) bond motifs is 1. The van der Waals surface area contributed by atoms with Crippen LogP contribution in [0.3, 0.4) is 0 Å². The number of ether oxygens (including phenoxy) is 2. The van der Waals surface area contributed by atoms with Crippen molar-refractivity contribution in [2.24, 2.45) is 5.92 Å². The highest BCUT2D eigenvalue weighted by Gasteiger charge is 2.45.